The predicted octanol–water partition coefficient (Wildman–Crippen LogP) is 3.91. The number of benzene rings is 3. The van der Waals surface area contributed by atoms with Crippen molar-refractivity contribution < 1.29 is 13.2 Å². The zero-order valence-corrected chi connectivity index (χ0v) is 17.6. The summed E-state index contributed by atoms with van der Waals surface area (Å²) >= 11 is 0. The van der Waals surface area contributed by atoms with Crippen LogP contribution in [0.25, 0.3) is 10.8 Å². The normalized spacial score (nSPS) is 14.0. The third kappa shape index (κ3) is 3.29. The zero-order valence-electron chi connectivity index (χ0n) is 16.8. The second-order valence-corrected chi connectivity index (χ2v) is 9.27. The number of hydrogen-bond donors (Lipinski definition) is 0. The quantitative estimate of drug-likeness (QED) is 0.628. The number of nitrogens with zero attached hydrogens (tertiary/aromatic N) is 3. The van der Waals surface area contributed by atoms with Crippen molar-refractivity contribution in [2.75, 3.05) is 22.3 Å². The van der Waals surface area contributed by atoms with Gasteiger partial charge in [0.1, 0.15) is 6.54 Å². The van der Waals surface area contributed by atoms with Gasteiger partial charge in [-0.15, -0.1) is 0 Å². The second kappa shape index (κ2) is 7.47. The molecule has 0 bridgehead atoms. The molecule has 6 nitrogen and oxygen atoms in total. The lowest BCUT2D eigenvalue weighted by molar-refractivity contribution is -0.117. The highest BCUT2D eigenvalue weighted by atomic mass is 32.2. The Morgan fingerprint density at radius 3 is 2.40 bits per heavy atom. The molecule has 3 aromatic rings. The monoisotopic (exact) mass is 419 g/mol. The summed E-state index contributed by atoms with van der Waals surface area (Å²) in [4.78, 5) is 15.0. The number of anilines is 2. The van der Waals surface area contributed by atoms with Gasteiger partial charge < -0.3 is 4.90 Å². The van der Waals surface area contributed by atoms with E-state index in [1.54, 1.807) is 24.3 Å². The predicted molar refractivity (Wildman–Crippen MR) is 117 cm³/mol. The lowest BCUT2D eigenvalue weighted by Crippen LogP contribution is -2.42. The summed E-state index contributed by atoms with van der Waals surface area (Å²) < 4.78 is 27.5. The number of amides is 1. The highest BCUT2D eigenvalue weighted by Crippen LogP contribution is 2.41. The van der Waals surface area contributed by atoms with Crippen LogP contribution in [0.15, 0.2) is 59.5 Å². The summed E-state index contributed by atoms with van der Waals surface area (Å²) in [6, 6.07) is 18.3. The molecule has 0 spiro atoms. The Hall–Kier alpha value is -3.37. The van der Waals surface area contributed by atoms with Crippen LogP contribution in [0, 0.1) is 25.2 Å². The molecule has 0 atom stereocenters. The summed E-state index contributed by atoms with van der Waals surface area (Å²) in [6.45, 7) is 3.75. The molecule has 0 aliphatic carbocycles. The van der Waals surface area contributed by atoms with E-state index in [0.29, 0.717) is 16.8 Å². The van der Waals surface area contributed by atoms with Gasteiger partial charge in [-0.1, -0.05) is 30.3 Å². The van der Waals surface area contributed by atoms with Gasteiger partial charge in [0.25, 0.3) is 10.0 Å². The van der Waals surface area contributed by atoms with Crippen LogP contribution in [0.5, 0.6) is 0 Å². The lowest BCUT2D eigenvalue weighted by Gasteiger charge is -2.26. The average Bonchev–Trinajstić information content (AvgIpc) is 2.91. The first-order chi connectivity index (χ1) is 14.3. The Bertz CT molecular complexity index is 1280. The van der Waals surface area contributed by atoms with Gasteiger partial charge in [-0.2, -0.15) is 5.26 Å². The molecule has 1 amide bonds. The standard InChI is InChI=1S/C23H21N3O3S/c1-16-12-17(2)14-19(13-16)25(11-5-10-24)22(27)15-26-20-8-3-6-18-7-4-9-21(23(18)20)30(26,28)29/h3-4,6-9,12-14H,5,11,15H2,1-2H3. The van der Waals surface area contributed by atoms with Crippen molar-refractivity contribution in [1.29, 1.82) is 5.26 Å². The van der Waals surface area contributed by atoms with Gasteiger partial charge >= 0.3 is 0 Å². The number of hydrogen-bond acceptors (Lipinski definition) is 4. The van der Waals surface area contributed by atoms with E-state index in [2.05, 4.69) is 6.07 Å². The van der Waals surface area contributed by atoms with Crippen molar-refractivity contribution in [2.45, 2.75) is 25.2 Å². The molecular formula is C23H21N3O3S. The Kier molecular flexibility index (Phi) is 4.96. The number of carbonyl (C=O) groups excluding carboxylic acids is 1. The maximum absolute atomic E-state index is 13.3. The minimum atomic E-state index is -3.83. The van der Waals surface area contributed by atoms with Crippen molar-refractivity contribution in [2.24, 2.45) is 0 Å². The number of carbonyl (C=O) groups is 1. The van der Waals surface area contributed by atoms with Crippen LogP contribution in [-0.4, -0.2) is 27.4 Å². The van der Waals surface area contributed by atoms with E-state index in [9.17, 15) is 13.2 Å². The van der Waals surface area contributed by atoms with E-state index in [1.807, 2.05) is 44.2 Å². The van der Waals surface area contributed by atoms with Crippen molar-refractivity contribution in [3.63, 3.8) is 0 Å². The van der Waals surface area contributed by atoms with Crippen LogP contribution < -0.4 is 9.21 Å². The van der Waals surface area contributed by atoms with Gasteiger partial charge in [0.15, 0.2) is 0 Å². The van der Waals surface area contributed by atoms with Gasteiger partial charge in [-0.25, -0.2) is 8.42 Å². The highest BCUT2D eigenvalue weighted by Gasteiger charge is 2.37. The van der Waals surface area contributed by atoms with E-state index >= 15 is 0 Å². The van der Waals surface area contributed by atoms with E-state index in [0.717, 1.165) is 16.5 Å². The largest absolute Gasteiger partial charge is 0.310 e. The molecule has 0 saturated carbocycles. The first-order valence-electron chi connectivity index (χ1n) is 9.63. The van der Waals surface area contributed by atoms with Gasteiger partial charge in [0.2, 0.25) is 5.91 Å². The lowest BCUT2D eigenvalue weighted by atomic mass is 10.1. The van der Waals surface area contributed by atoms with Crippen molar-refractivity contribution in [3.8, 4) is 6.07 Å². The molecule has 30 heavy (non-hydrogen) atoms. The number of nitriles is 1. The molecule has 0 aromatic heterocycles. The Balaban J connectivity index is 1.73. The van der Waals surface area contributed by atoms with Crippen LogP contribution in [-0.2, 0) is 14.8 Å². The molecule has 0 fully saturated rings. The molecule has 1 aliphatic heterocycles. The van der Waals surface area contributed by atoms with Gasteiger partial charge in [0, 0.05) is 17.6 Å². The maximum atomic E-state index is 13.3. The minimum Gasteiger partial charge on any atom is -0.310 e. The highest BCUT2D eigenvalue weighted by molar-refractivity contribution is 7.93. The molecule has 152 valence electrons. The number of sulfonamides is 1. The molecule has 0 radical (unpaired) electrons. The average molecular weight is 420 g/mol. The molecule has 3 aromatic carbocycles. The third-order valence-corrected chi connectivity index (χ3v) is 7.03. The fraction of sp³-hybridized carbons (Fsp3) is 0.217. The van der Waals surface area contributed by atoms with Gasteiger partial charge in [0.05, 0.1) is 23.1 Å². The third-order valence-electron chi connectivity index (χ3n) is 5.23. The molecule has 0 saturated heterocycles. The summed E-state index contributed by atoms with van der Waals surface area (Å²) in [5.74, 6) is -0.372. The Morgan fingerprint density at radius 2 is 1.73 bits per heavy atom. The molecular weight excluding hydrogens is 398 g/mol. The topological polar surface area (TPSA) is 81.5 Å². The van der Waals surface area contributed by atoms with Crippen molar-refractivity contribution >= 4 is 38.1 Å². The molecule has 1 heterocycles. The zero-order chi connectivity index (χ0) is 21.5. The van der Waals surface area contributed by atoms with Crippen LogP contribution in [0.1, 0.15) is 17.5 Å². The second-order valence-electron chi connectivity index (χ2n) is 7.44. The molecule has 1 aliphatic rings. The number of aryl methyl sites for hydroxylation is 2. The van der Waals surface area contributed by atoms with Crippen molar-refractivity contribution in [3.05, 3.63) is 65.7 Å². The first kappa shape index (κ1) is 19.9. The van der Waals surface area contributed by atoms with Crippen molar-refractivity contribution in [1.82, 2.24) is 0 Å². The van der Waals surface area contributed by atoms with Crippen LogP contribution in [0.3, 0.4) is 0 Å². The summed E-state index contributed by atoms with van der Waals surface area (Å²) in [5, 5.41) is 10.5. The Labute approximate surface area is 176 Å². The first-order valence-corrected chi connectivity index (χ1v) is 11.1. The van der Waals surface area contributed by atoms with E-state index in [-0.39, 0.29) is 30.3 Å². The van der Waals surface area contributed by atoms with E-state index < -0.39 is 10.0 Å². The van der Waals surface area contributed by atoms with E-state index in [1.165, 1.54) is 9.21 Å². The molecule has 4 rings (SSSR count). The molecule has 0 unspecified atom stereocenters. The summed E-state index contributed by atoms with van der Waals surface area (Å²) in [5.41, 5.74) is 3.16. The number of rotatable bonds is 5. The fourth-order valence-corrected chi connectivity index (χ4v) is 5.66. The van der Waals surface area contributed by atoms with Gasteiger partial charge in [-0.05, 0) is 54.6 Å². The van der Waals surface area contributed by atoms with Crippen LogP contribution in [0.4, 0.5) is 11.4 Å². The molecule has 7 heteroatoms. The fourth-order valence-electron chi connectivity index (χ4n) is 4.00. The maximum Gasteiger partial charge on any atom is 0.265 e. The molecule has 0 N–H and O–H groups in total. The van der Waals surface area contributed by atoms with Crippen LogP contribution >= 0.6 is 0 Å². The summed E-state index contributed by atoms with van der Waals surface area (Å²) in [6.07, 6.45) is 0.154. The summed E-state index contributed by atoms with van der Waals surface area (Å²) in [7, 11) is -3.83. The van der Waals surface area contributed by atoms with Crippen LogP contribution in [0.2, 0.25) is 0 Å². The Morgan fingerprint density at radius 1 is 1.07 bits per heavy atom. The van der Waals surface area contributed by atoms with E-state index in [4.69, 9.17) is 5.26 Å². The minimum absolute atomic E-state index is 0.154. The SMILES string of the molecule is Cc1cc(C)cc(N(CCC#N)C(=O)CN2c3cccc4cccc(c34)S2(=O)=O)c1. The van der Waals surface area contributed by atoms with Gasteiger partial charge in [-0.3, -0.25) is 9.10 Å². The smallest absolute Gasteiger partial charge is 0.265 e.